The standard InChI is InChI=1S/C24H14F5N/c25-20-10-11-21(22(26)13-20)17-5-1-15(2-6-17)16-3-7-18(8-4-16)23-12-9-19(14-30-23)24(27,28)29/h1-14H. The summed E-state index contributed by atoms with van der Waals surface area (Å²) < 4.78 is 65.0. The van der Waals surface area contributed by atoms with E-state index in [4.69, 9.17) is 0 Å². The lowest BCUT2D eigenvalue weighted by Gasteiger charge is -2.08. The molecule has 0 spiro atoms. The van der Waals surface area contributed by atoms with Crippen molar-refractivity contribution in [3.05, 3.63) is 102 Å². The van der Waals surface area contributed by atoms with Gasteiger partial charge in [-0.2, -0.15) is 13.2 Å². The monoisotopic (exact) mass is 411 g/mol. The molecule has 0 saturated heterocycles. The van der Waals surface area contributed by atoms with E-state index in [-0.39, 0.29) is 0 Å². The highest BCUT2D eigenvalue weighted by Gasteiger charge is 2.30. The number of hydrogen-bond acceptors (Lipinski definition) is 1. The van der Waals surface area contributed by atoms with Crippen LogP contribution in [0.5, 0.6) is 0 Å². The largest absolute Gasteiger partial charge is 0.417 e. The maximum absolute atomic E-state index is 13.9. The van der Waals surface area contributed by atoms with Gasteiger partial charge in [0.1, 0.15) is 11.6 Å². The molecule has 0 fully saturated rings. The molecule has 1 nitrogen and oxygen atoms in total. The molecule has 0 N–H and O–H groups in total. The minimum Gasteiger partial charge on any atom is -0.256 e. The highest BCUT2D eigenvalue weighted by atomic mass is 19.4. The topological polar surface area (TPSA) is 12.9 Å². The van der Waals surface area contributed by atoms with Crippen LogP contribution in [0.15, 0.2) is 85.1 Å². The minimum atomic E-state index is -4.42. The van der Waals surface area contributed by atoms with Crippen LogP contribution in [0.25, 0.3) is 33.5 Å². The first kappa shape index (κ1) is 19.8. The van der Waals surface area contributed by atoms with Crippen molar-refractivity contribution in [2.75, 3.05) is 0 Å². The predicted octanol–water partition coefficient (Wildman–Crippen LogP) is 7.38. The van der Waals surface area contributed by atoms with Crippen molar-refractivity contribution in [3.63, 3.8) is 0 Å². The molecule has 4 aromatic rings. The van der Waals surface area contributed by atoms with Crippen LogP contribution >= 0.6 is 0 Å². The molecule has 0 amide bonds. The summed E-state index contributed by atoms with van der Waals surface area (Å²) in [5, 5.41) is 0. The summed E-state index contributed by atoms with van der Waals surface area (Å²) in [5.74, 6) is -1.26. The minimum absolute atomic E-state index is 0.312. The summed E-state index contributed by atoms with van der Waals surface area (Å²) in [6.07, 6.45) is -3.60. The quantitative estimate of drug-likeness (QED) is 0.321. The van der Waals surface area contributed by atoms with Gasteiger partial charge < -0.3 is 0 Å². The molecule has 0 aliphatic rings. The van der Waals surface area contributed by atoms with E-state index in [1.807, 2.05) is 24.3 Å². The van der Waals surface area contributed by atoms with Gasteiger partial charge in [0, 0.05) is 23.4 Å². The first-order valence-electron chi connectivity index (χ1n) is 9.01. The third-order valence-electron chi connectivity index (χ3n) is 4.73. The van der Waals surface area contributed by atoms with Crippen LogP contribution in [0.2, 0.25) is 0 Å². The second-order valence-corrected chi connectivity index (χ2v) is 6.71. The van der Waals surface area contributed by atoms with Crippen LogP contribution < -0.4 is 0 Å². The smallest absolute Gasteiger partial charge is 0.256 e. The number of rotatable bonds is 3. The molecule has 0 aliphatic heterocycles. The Kier molecular flexibility index (Phi) is 5.08. The van der Waals surface area contributed by atoms with Crippen molar-refractivity contribution in [1.82, 2.24) is 4.98 Å². The predicted molar refractivity (Wildman–Crippen MR) is 105 cm³/mol. The average molecular weight is 411 g/mol. The molecule has 0 atom stereocenters. The van der Waals surface area contributed by atoms with Crippen LogP contribution in [-0.4, -0.2) is 4.98 Å². The molecule has 6 heteroatoms. The lowest BCUT2D eigenvalue weighted by atomic mass is 9.99. The van der Waals surface area contributed by atoms with Gasteiger partial charge in [-0.05, 0) is 41.0 Å². The Hall–Kier alpha value is -3.54. The van der Waals surface area contributed by atoms with Crippen molar-refractivity contribution < 1.29 is 22.0 Å². The first-order valence-corrected chi connectivity index (χ1v) is 9.01. The normalized spacial score (nSPS) is 11.5. The van der Waals surface area contributed by atoms with E-state index in [0.29, 0.717) is 22.4 Å². The number of benzene rings is 3. The van der Waals surface area contributed by atoms with E-state index < -0.39 is 23.4 Å². The van der Waals surface area contributed by atoms with E-state index in [1.54, 1.807) is 24.3 Å². The molecule has 0 radical (unpaired) electrons. The van der Waals surface area contributed by atoms with Crippen LogP contribution in [-0.2, 0) is 6.18 Å². The Balaban J connectivity index is 1.55. The van der Waals surface area contributed by atoms with E-state index in [1.165, 1.54) is 18.2 Å². The Labute approximate surface area is 169 Å². The van der Waals surface area contributed by atoms with Crippen molar-refractivity contribution in [3.8, 4) is 33.5 Å². The Morgan fingerprint density at radius 2 is 1.17 bits per heavy atom. The Morgan fingerprint density at radius 1 is 0.600 bits per heavy atom. The molecule has 3 aromatic carbocycles. The molecular weight excluding hydrogens is 397 g/mol. The lowest BCUT2D eigenvalue weighted by molar-refractivity contribution is -0.137. The zero-order valence-electron chi connectivity index (χ0n) is 15.4. The summed E-state index contributed by atoms with van der Waals surface area (Å²) in [6.45, 7) is 0. The van der Waals surface area contributed by atoms with Gasteiger partial charge in [-0.1, -0.05) is 48.5 Å². The fraction of sp³-hybridized carbons (Fsp3) is 0.0417. The Bertz CT molecular complexity index is 1160. The van der Waals surface area contributed by atoms with Crippen molar-refractivity contribution in [1.29, 1.82) is 0 Å². The molecule has 150 valence electrons. The molecule has 0 aliphatic carbocycles. The van der Waals surface area contributed by atoms with Gasteiger partial charge in [0.25, 0.3) is 0 Å². The van der Waals surface area contributed by atoms with Gasteiger partial charge >= 0.3 is 6.18 Å². The third-order valence-corrected chi connectivity index (χ3v) is 4.73. The summed E-state index contributed by atoms with van der Waals surface area (Å²) >= 11 is 0. The van der Waals surface area contributed by atoms with Crippen molar-refractivity contribution in [2.24, 2.45) is 0 Å². The third kappa shape index (κ3) is 4.08. The van der Waals surface area contributed by atoms with E-state index in [0.717, 1.165) is 29.5 Å². The van der Waals surface area contributed by atoms with E-state index >= 15 is 0 Å². The Morgan fingerprint density at radius 3 is 1.67 bits per heavy atom. The highest BCUT2D eigenvalue weighted by Crippen LogP contribution is 2.31. The average Bonchev–Trinajstić information content (AvgIpc) is 2.74. The first-order chi connectivity index (χ1) is 14.3. The summed E-state index contributed by atoms with van der Waals surface area (Å²) in [6, 6.07) is 20.2. The van der Waals surface area contributed by atoms with Gasteiger partial charge in [-0.25, -0.2) is 8.78 Å². The van der Waals surface area contributed by atoms with Crippen LogP contribution in [0, 0.1) is 11.6 Å². The fourth-order valence-corrected chi connectivity index (χ4v) is 3.13. The zero-order valence-corrected chi connectivity index (χ0v) is 15.4. The van der Waals surface area contributed by atoms with Crippen molar-refractivity contribution in [2.45, 2.75) is 6.18 Å². The lowest BCUT2D eigenvalue weighted by Crippen LogP contribution is -2.05. The van der Waals surface area contributed by atoms with Gasteiger partial charge in [0.15, 0.2) is 0 Å². The maximum atomic E-state index is 13.9. The van der Waals surface area contributed by atoms with Gasteiger partial charge in [-0.15, -0.1) is 0 Å². The number of alkyl halides is 3. The van der Waals surface area contributed by atoms with Crippen LogP contribution in [0.4, 0.5) is 22.0 Å². The van der Waals surface area contributed by atoms with Gasteiger partial charge in [-0.3, -0.25) is 4.98 Å². The molecular formula is C24H14F5N. The molecule has 4 rings (SSSR count). The number of halogens is 5. The second-order valence-electron chi connectivity index (χ2n) is 6.71. The van der Waals surface area contributed by atoms with E-state index in [2.05, 4.69) is 4.98 Å². The molecule has 0 unspecified atom stereocenters. The summed E-state index contributed by atoms with van der Waals surface area (Å²) in [5.41, 5.74) is 3.05. The number of hydrogen-bond donors (Lipinski definition) is 0. The zero-order chi connectivity index (χ0) is 21.3. The summed E-state index contributed by atoms with van der Waals surface area (Å²) in [4.78, 5) is 3.90. The molecule has 0 saturated carbocycles. The SMILES string of the molecule is Fc1ccc(-c2ccc(-c3ccc(-c4ccc(C(F)(F)F)cn4)cc3)cc2)c(F)c1. The maximum Gasteiger partial charge on any atom is 0.417 e. The number of aromatic nitrogens is 1. The van der Waals surface area contributed by atoms with Gasteiger partial charge in [0.05, 0.1) is 11.3 Å². The van der Waals surface area contributed by atoms with Crippen molar-refractivity contribution >= 4 is 0 Å². The molecule has 30 heavy (non-hydrogen) atoms. The summed E-state index contributed by atoms with van der Waals surface area (Å²) in [7, 11) is 0. The number of nitrogens with zero attached hydrogens (tertiary/aromatic N) is 1. The van der Waals surface area contributed by atoms with Gasteiger partial charge in [0.2, 0.25) is 0 Å². The fourth-order valence-electron chi connectivity index (χ4n) is 3.13. The van der Waals surface area contributed by atoms with Crippen LogP contribution in [0.3, 0.4) is 0 Å². The molecule has 1 aromatic heterocycles. The molecule has 0 bridgehead atoms. The second kappa shape index (κ2) is 7.71. The van der Waals surface area contributed by atoms with E-state index in [9.17, 15) is 22.0 Å². The van der Waals surface area contributed by atoms with Crippen LogP contribution in [0.1, 0.15) is 5.56 Å². The number of pyridine rings is 1. The molecule has 1 heterocycles. The highest BCUT2D eigenvalue weighted by molar-refractivity contribution is 5.72.